The first-order valence-corrected chi connectivity index (χ1v) is 6.68. The van der Waals surface area contributed by atoms with E-state index in [1.54, 1.807) is 5.56 Å². The monoisotopic (exact) mass is 215 g/mol. The number of nitrogens with one attached hydrogen (secondary N) is 1. The summed E-state index contributed by atoms with van der Waals surface area (Å²) in [4.78, 5) is 0. The second-order valence-electron chi connectivity index (χ2n) is 5.42. The zero-order valence-corrected chi connectivity index (χ0v) is 9.91. The molecule has 1 unspecified atom stereocenters. The van der Waals surface area contributed by atoms with Gasteiger partial charge in [-0.3, -0.25) is 0 Å². The summed E-state index contributed by atoms with van der Waals surface area (Å²) in [7, 11) is 0. The Balaban J connectivity index is 1.96. The van der Waals surface area contributed by atoms with Gasteiger partial charge in [-0.2, -0.15) is 0 Å². The van der Waals surface area contributed by atoms with Crippen molar-refractivity contribution in [3.63, 3.8) is 0 Å². The van der Waals surface area contributed by atoms with E-state index in [9.17, 15) is 0 Å². The average Bonchev–Trinajstić information content (AvgIpc) is 3.02. The number of hydrogen-bond donors (Lipinski definition) is 1. The minimum absolute atomic E-state index is 0.505. The van der Waals surface area contributed by atoms with Crippen molar-refractivity contribution < 1.29 is 0 Å². The van der Waals surface area contributed by atoms with Crippen LogP contribution in [0, 0.1) is 5.92 Å². The van der Waals surface area contributed by atoms with Crippen LogP contribution in [0.15, 0.2) is 30.3 Å². The van der Waals surface area contributed by atoms with Crippen LogP contribution >= 0.6 is 0 Å². The Morgan fingerprint density at radius 1 is 1.06 bits per heavy atom. The molecule has 1 aliphatic carbocycles. The zero-order valence-electron chi connectivity index (χ0n) is 9.91. The molecule has 0 radical (unpaired) electrons. The SMILES string of the molecule is c1ccc(C2(C3CCNC3)CCCC2)cc1. The predicted molar refractivity (Wildman–Crippen MR) is 67.6 cm³/mol. The maximum atomic E-state index is 3.54. The summed E-state index contributed by atoms with van der Waals surface area (Å²) >= 11 is 0. The topological polar surface area (TPSA) is 12.0 Å². The van der Waals surface area contributed by atoms with Crippen molar-refractivity contribution in [3.8, 4) is 0 Å². The lowest BCUT2D eigenvalue weighted by atomic mass is 9.68. The maximum absolute atomic E-state index is 3.54. The molecule has 2 aliphatic rings. The molecule has 0 spiro atoms. The summed E-state index contributed by atoms with van der Waals surface area (Å²) < 4.78 is 0. The van der Waals surface area contributed by atoms with Crippen LogP contribution < -0.4 is 5.32 Å². The van der Waals surface area contributed by atoms with E-state index in [-0.39, 0.29) is 0 Å². The van der Waals surface area contributed by atoms with Gasteiger partial charge < -0.3 is 5.32 Å². The molecule has 0 aromatic heterocycles. The first kappa shape index (κ1) is 10.3. The zero-order chi connectivity index (χ0) is 10.8. The molecule has 1 atom stereocenters. The molecule has 1 aromatic rings. The Kier molecular flexibility index (Phi) is 2.72. The van der Waals surface area contributed by atoms with Gasteiger partial charge in [0.25, 0.3) is 0 Å². The molecule has 1 nitrogen and oxygen atoms in total. The molecule has 16 heavy (non-hydrogen) atoms. The number of benzene rings is 1. The van der Waals surface area contributed by atoms with Crippen molar-refractivity contribution in [1.82, 2.24) is 5.32 Å². The summed E-state index contributed by atoms with van der Waals surface area (Å²) in [5.41, 5.74) is 2.10. The largest absolute Gasteiger partial charge is 0.316 e. The van der Waals surface area contributed by atoms with Crippen LogP contribution in [0.25, 0.3) is 0 Å². The summed E-state index contributed by atoms with van der Waals surface area (Å²) in [6.07, 6.45) is 7.03. The molecule has 1 aliphatic heterocycles. The lowest BCUT2D eigenvalue weighted by Gasteiger charge is -2.35. The van der Waals surface area contributed by atoms with E-state index in [1.807, 2.05) is 0 Å². The second-order valence-corrected chi connectivity index (χ2v) is 5.42. The molecule has 3 rings (SSSR count). The van der Waals surface area contributed by atoms with E-state index in [0.717, 1.165) is 5.92 Å². The summed E-state index contributed by atoms with van der Waals surface area (Å²) in [5.74, 6) is 0.873. The van der Waals surface area contributed by atoms with Crippen LogP contribution in [-0.2, 0) is 5.41 Å². The van der Waals surface area contributed by atoms with E-state index in [0.29, 0.717) is 5.41 Å². The third kappa shape index (κ3) is 1.58. The number of hydrogen-bond acceptors (Lipinski definition) is 1. The predicted octanol–water partition coefficient (Wildman–Crippen LogP) is 3.11. The van der Waals surface area contributed by atoms with Crippen LogP contribution in [0.2, 0.25) is 0 Å². The highest BCUT2D eigenvalue weighted by Crippen LogP contribution is 2.48. The van der Waals surface area contributed by atoms with Crippen LogP contribution in [-0.4, -0.2) is 13.1 Å². The average molecular weight is 215 g/mol. The van der Waals surface area contributed by atoms with Gasteiger partial charge in [0, 0.05) is 0 Å². The first-order chi connectivity index (χ1) is 7.92. The van der Waals surface area contributed by atoms with Crippen LogP contribution in [0.5, 0.6) is 0 Å². The van der Waals surface area contributed by atoms with Gasteiger partial charge >= 0.3 is 0 Å². The highest BCUT2D eigenvalue weighted by Gasteiger charge is 2.43. The number of rotatable bonds is 2. The minimum Gasteiger partial charge on any atom is -0.316 e. The van der Waals surface area contributed by atoms with Gasteiger partial charge in [-0.15, -0.1) is 0 Å². The molecule has 0 amide bonds. The lowest BCUT2D eigenvalue weighted by Crippen LogP contribution is -2.33. The molecule has 1 N–H and O–H groups in total. The van der Waals surface area contributed by atoms with Gasteiger partial charge in [0.2, 0.25) is 0 Å². The van der Waals surface area contributed by atoms with Gasteiger partial charge in [0.1, 0.15) is 0 Å². The third-order valence-corrected chi connectivity index (χ3v) is 4.69. The molecule has 86 valence electrons. The molecule has 1 saturated heterocycles. The third-order valence-electron chi connectivity index (χ3n) is 4.69. The van der Waals surface area contributed by atoms with Gasteiger partial charge in [-0.05, 0) is 49.2 Å². The van der Waals surface area contributed by atoms with Gasteiger partial charge in [-0.1, -0.05) is 43.2 Å². The van der Waals surface area contributed by atoms with Gasteiger partial charge in [0.15, 0.2) is 0 Å². The quantitative estimate of drug-likeness (QED) is 0.799. The Labute approximate surface area is 98.3 Å². The van der Waals surface area contributed by atoms with E-state index in [4.69, 9.17) is 0 Å². The van der Waals surface area contributed by atoms with E-state index >= 15 is 0 Å². The molecule has 1 heterocycles. The van der Waals surface area contributed by atoms with E-state index in [2.05, 4.69) is 35.6 Å². The van der Waals surface area contributed by atoms with E-state index < -0.39 is 0 Å². The normalized spacial score (nSPS) is 28.4. The summed E-state index contributed by atoms with van der Waals surface area (Å²) in [6, 6.07) is 11.3. The van der Waals surface area contributed by atoms with Gasteiger partial charge in [-0.25, -0.2) is 0 Å². The molecule has 0 bridgehead atoms. The summed E-state index contributed by atoms with van der Waals surface area (Å²) in [6.45, 7) is 2.45. The minimum atomic E-state index is 0.505. The maximum Gasteiger partial charge on any atom is -0.000620 e. The van der Waals surface area contributed by atoms with Crippen molar-refractivity contribution in [2.75, 3.05) is 13.1 Å². The van der Waals surface area contributed by atoms with Crippen molar-refractivity contribution in [1.29, 1.82) is 0 Å². The highest BCUT2D eigenvalue weighted by molar-refractivity contribution is 5.28. The second kappa shape index (κ2) is 4.21. The smallest absolute Gasteiger partial charge is 0.000620 e. The van der Waals surface area contributed by atoms with Crippen LogP contribution in [0.1, 0.15) is 37.7 Å². The molecule has 1 saturated carbocycles. The molecule has 1 heteroatoms. The first-order valence-electron chi connectivity index (χ1n) is 6.68. The lowest BCUT2D eigenvalue weighted by molar-refractivity contribution is 0.291. The molecular formula is C15H21N. The fourth-order valence-corrected chi connectivity index (χ4v) is 3.83. The van der Waals surface area contributed by atoms with Crippen LogP contribution in [0.3, 0.4) is 0 Å². The Morgan fingerprint density at radius 3 is 2.44 bits per heavy atom. The highest BCUT2D eigenvalue weighted by atomic mass is 14.9. The van der Waals surface area contributed by atoms with E-state index in [1.165, 1.54) is 45.2 Å². The van der Waals surface area contributed by atoms with Crippen molar-refractivity contribution >= 4 is 0 Å². The Bertz CT molecular complexity index is 332. The Morgan fingerprint density at radius 2 is 1.81 bits per heavy atom. The fourth-order valence-electron chi connectivity index (χ4n) is 3.83. The molecule has 2 fully saturated rings. The summed E-state index contributed by atoms with van der Waals surface area (Å²) in [5, 5.41) is 3.54. The Hall–Kier alpha value is -0.820. The molecule has 1 aromatic carbocycles. The van der Waals surface area contributed by atoms with Gasteiger partial charge in [0.05, 0.1) is 0 Å². The molecular weight excluding hydrogens is 194 g/mol. The fraction of sp³-hybridized carbons (Fsp3) is 0.600. The van der Waals surface area contributed by atoms with Crippen LogP contribution in [0.4, 0.5) is 0 Å². The van der Waals surface area contributed by atoms with Crippen molar-refractivity contribution in [2.45, 2.75) is 37.5 Å². The standard InChI is InChI=1S/C15H21N/c1-2-6-13(7-3-1)15(9-4-5-10-15)14-8-11-16-12-14/h1-3,6-7,14,16H,4-5,8-12H2. The van der Waals surface area contributed by atoms with Crippen molar-refractivity contribution in [3.05, 3.63) is 35.9 Å². The van der Waals surface area contributed by atoms with Crippen molar-refractivity contribution in [2.24, 2.45) is 5.92 Å².